The highest BCUT2D eigenvalue weighted by Crippen LogP contribution is 2.32. The highest BCUT2D eigenvalue weighted by atomic mass is 16.7. The molecular formula is C13H24O4. The van der Waals surface area contributed by atoms with E-state index in [2.05, 4.69) is 6.58 Å². The van der Waals surface area contributed by atoms with Gasteiger partial charge >= 0.3 is 0 Å². The quantitative estimate of drug-likeness (QED) is 0.769. The van der Waals surface area contributed by atoms with Gasteiger partial charge in [-0.25, -0.2) is 0 Å². The molecule has 1 heterocycles. The fourth-order valence-corrected chi connectivity index (χ4v) is 1.86. The third kappa shape index (κ3) is 3.69. The van der Waals surface area contributed by atoms with Crippen LogP contribution < -0.4 is 0 Å². The van der Waals surface area contributed by atoms with Gasteiger partial charge < -0.3 is 19.3 Å². The summed E-state index contributed by atoms with van der Waals surface area (Å²) in [5, 5.41) is 10.1. The molecule has 4 nitrogen and oxygen atoms in total. The van der Waals surface area contributed by atoms with E-state index in [0.717, 1.165) is 0 Å². The van der Waals surface area contributed by atoms with Crippen molar-refractivity contribution in [2.45, 2.75) is 58.2 Å². The molecule has 1 aliphatic heterocycles. The molecule has 1 rings (SSSR count). The summed E-state index contributed by atoms with van der Waals surface area (Å²) in [6.07, 6.45) is -1.17. The predicted molar refractivity (Wildman–Crippen MR) is 65.4 cm³/mol. The Bertz CT molecular complexity index is 273. The molecule has 0 aromatic heterocycles. The van der Waals surface area contributed by atoms with E-state index in [-0.39, 0.29) is 5.92 Å². The predicted octanol–water partition coefficient (Wildman–Crippen LogP) is 2.07. The fraction of sp³-hybridized carbons (Fsp3) is 0.846. The van der Waals surface area contributed by atoms with Gasteiger partial charge in [-0.2, -0.15) is 0 Å². The molecule has 1 N–H and O–H groups in total. The van der Waals surface area contributed by atoms with E-state index in [0.29, 0.717) is 12.2 Å². The van der Waals surface area contributed by atoms with Crippen LogP contribution in [0.5, 0.6) is 0 Å². The Kier molecular flexibility index (Phi) is 4.58. The van der Waals surface area contributed by atoms with Crippen molar-refractivity contribution in [2.24, 2.45) is 5.92 Å². The van der Waals surface area contributed by atoms with Crippen LogP contribution in [0.15, 0.2) is 12.3 Å². The second-order valence-electron chi connectivity index (χ2n) is 5.46. The van der Waals surface area contributed by atoms with Gasteiger partial charge in [-0.15, -0.1) is 0 Å². The smallest absolute Gasteiger partial charge is 0.197 e. The first kappa shape index (κ1) is 14.5. The highest BCUT2D eigenvalue weighted by molar-refractivity contribution is 4.94. The molecular weight excluding hydrogens is 220 g/mol. The Morgan fingerprint density at radius 2 is 2.06 bits per heavy atom. The number of ether oxygens (including phenoxy) is 3. The summed E-state index contributed by atoms with van der Waals surface area (Å²) in [5.41, 5.74) is -0.404. The van der Waals surface area contributed by atoms with Crippen LogP contribution in [0.2, 0.25) is 0 Å². The molecule has 17 heavy (non-hydrogen) atoms. The summed E-state index contributed by atoms with van der Waals surface area (Å²) < 4.78 is 16.6. The number of aliphatic hydroxyl groups excluding tert-OH is 1. The van der Waals surface area contributed by atoms with Gasteiger partial charge in [0.1, 0.15) is 0 Å². The molecule has 0 aliphatic carbocycles. The molecule has 0 aromatic carbocycles. The molecule has 0 aromatic rings. The number of rotatable bonds is 4. The van der Waals surface area contributed by atoms with Gasteiger partial charge in [0.2, 0.25) is 0 Å². The summed E-state index contributed by atoms with van der Waals surface area (Å²) in [7, 11) is 1.55. The molecule has 0 radical (unpaired) electrons. The number of hydrogen-bond donors (Lipinski definition) is 1. The zero-order chi connectivity index (χ0) is 13.2. The zero-order valence-corrected chi connectivity index (χ0v) is 11.4. The highest BCUT2D eigenvalue weighted by Gasteiger charge is 2.43. The maximum atomic E-state index is 10.1. The van der Waals surface area contributed by atoms with E-state index in [1.807, 2.05) is 27.7 Å². The lowest BCUT2D eigenvalue weighted by atomic mass is 9.93. The van der Waals surface area contributed by atoms with E-state index >= 15 is 0 Å². The fourth-order valence-electron chi connectivity index (χ4n) is 1.86. The first-order chi connectivity index (χ1) is 7.76. The molecule has 1 aliphatic rings. The molecule has 0 amide bonds. The lowest BCUT2D eigenvalue weighted by Crippen LogP contribution is -2.54. The second kappa shape index (κ2) is 5.38. The minimum absolute atomic E-state index is 0.203. The van der Waals surface area contributed by atoms with Crippen molar-refractivity contribution in [2.75, 3.05) is 7.11 Å². The normalized spacial score (nSPS) is 32.5. The van der Waals surface area contributed by atoms with Crippen molar-refractivity contribution in [3.63, 3.8) is 0 Å². The van der Waals surface area contributed by atoms with Crippen LogP contribution in [-0.4, -0.2) is 36.3 Å². The Morgan fingerprint density at radius 3 is 2.53 bits per heavy atom. The molecule has 0 bridgehead atoms. The average molecular weight is 244 g/mol. The van der Waals surface area contributed by atoms with Gasteiger partial charge in [-0.3, -0.25) is 0 Å². The zero-order valence-electron chi connectivity index (χ0n) is 11.4. The number of methoxy groups -OCH3 is 1. The van der Waals surface area contributed by atoms with E-state index in [9.17, 15) is 5.11 Å². The van der Waals surface area contributed by atoms with Gasteiger partial charge in [-0.05, 0) is 13.8 Å². The Hall–Kier alpha value is -0.580. The van der Waals surface area contributed by atoms with Crippen molar-refractivity contribution >= 4 is 0 Å². The van der Waals surface area contributed by atoms with Crippen LogP contribution in [0, 0.1) is 5.92 Å². The summed E-state index contributed by atoms with van der Waals surface area (Å²) >= 11 is 0. The van der Waals surface area contributed by atoms with Crippen molar-refractivity contribution < 1.29 is 19.3 Å². The van der Waals surface area contributed by atoms with Crippen LogP contribution in [0.25, 0.3) is 0 Å². The molecule has 3 atom stereocenters. The lowest BCUT2D eigenvalue weighted by molar-refractivity contribution is -0.287. The molecule has 0 spiro atoms. The van der Waals surface area contributed by atoms with Crippen LogP contribution >= 0.6 is 0 Å². The second-order valence-corrected chi connectivity index (χ2v) is 5.46. The van der Waals surface area contributed by atoms with Gasteiger partial charge in [0.25, 0.3) is 0 Å². The topological polar surface area (TPSA) is 47.9 Å². The summed E-state index contributed by atoms with van der Waals surface area (Å²) in [4.78, 5) is 0. The van der Waals surface area contributed by atoms with E-state index in [4.69, 9.17) is 14.2 Å². The third-order valence-electron chi connectivity index (χ3n) is 2.95. The SMILES string of the molecule is C=C(OC1C(O)CC(C)(C)OC1OC)C(C)C. The number of allylic oxidation sites excluding steroid dienone is 1. The molecule has 1 saturated heterocycles. The van der Waals surface area contributed by atoms with Gasteiger partial charge in [0, 0.05) is 19.4 Å². The van der Waals surface area contributed by atoms with Crippen LogP contribution in [0.3, 0.4) is 0 Å². The molecule has 3 unspecified atom stereocenters. The standard InChI is InChI=1S/C13H24O4/c1-8(2)9(3)16-11-10(14)7-13(4,5)17-12(11)15-6/h8,10-12,14H,3,7H2,1-2,4-6H3. The minimum atomic E-state index is -0.612. The average Bonchev–Trinajstić information content (AvgIpc) is 2.20. The van der Waals surface area contributed by atoms with Crippen LogP contribution in [0.1, 0.15) is 34.1 Å². The molecule has 0 saturated carbocycles. The Balaban J connectivity index is 2.72. The van der Waals surface area contributed by atoms with Crippen molar-refractivity contribution in [3.8, 4) is 0 Å². The maximum Gasteiger partial charge on any atom is 0.197 e. The molecule has 100 valence electrons. The Morgan fingerprint density at radius 1 is 1.47 bits per heavy atom. The Labute approximate surface area is 104 Å². The molecule has 1 fully saturated rings. The summed E-state index contributed by atoms with van der Waals surface area (Å²) in [6.45, 7) is 11.7. The maximum absolute atomic E-state index is 10.1. The summed E-state index contributed by atoms with van der Waals surface area (Å²) in [5.74, 6) is 0.842. The summed E-state index contributed by atoms with van der Waals surface area (Å²) in [6, 6.07) is 0. The van der Waals surface area contributed by atoms with Crippen molar-refractivity contribution in [1.29, 1.82) is 0 Å². The lowest BCUT2D eigenvalue weighted by Gasteiger charge is -2.43. The third-order valence-corrected chi connectivity index (χ3v) is 2.95. The van der Waals surface area contributed by atoms with Gasteiger partial charge in [-0.1, -0.05) is 20.4 Å². The van der Waals surface area contributed by atoms with E-state index < -0.39 is 24.1 Å². The van der Waals surface area contributed by atoms with Crippen molar-refractivity contribution in [1.82, 2.24) is 0 Å². The largest absolute Gasteiger partial charge is 0.487 e. The molecule has 4 heteroatoms. The monoisotopic (exact) mass is 244 g/mol. The number of hydrogen-bond acceptors (Lipinski definition) is 4. The van der Waals surface area contributed by atoms with E-state index in [1.54, 1.807) is 7.11 Å². The minimum Gasteiger partial charge on any atom is -0.487 e. The van der Waals surface area contributed by atoms with Gasteiger partial charge in [0.05, 0.1) is 17.5 Å². The first-order valence-electron chi connectivity index (χ1n) is 6.01. The van der Waals surface area contributed by atoms with Crippen LogP contribution in [0.4, 0.5) is 0 Å². The van der Waals surface area contributed by atoms with Gasteiger partial charge in [0.15, 0.2) is 12.4 Å². The van der Waals surface area contributed by atoms with Crippen LogP contribution in [-0.2, 0) is 14.2 Å². The first-order valence-corrected chi connectivity index (χ1v) is 6.01. The van der Waals surface area contributed by atoms with E-state index in [1.165, 1.54) is 0 Å². The van der Waals surface area contributed by atoms with Crippen molar-refractivity contribution in [3.05, 3.63) is 12.3 Å². The number of aliphatic hydroxyl groups is 1.